The maximum Gasteiger partial charge on any atom is 0.334 e. The first kappa shape index (κ1) is 20.6. The zero-order chi connectivity index (χ0) is 18.2. The van der Waals surface area contributed by atoms with Crippen molar-refractivity contribution in [3.63, 3.8) is 0 Å². The number of esters is 2. The van der Waals surface area contributed by atoms with Crippen molar-refractivity contribution in [1.29, 1.82) is 0 Å². The Morgan fingerprint density at radius 2 is 1.75 bits per heavy atom. The Kier molecular flexibility index (Phi) is 8.39. The van der Waals surface area contributed by atoms with Gasteiger partial charge in [0, 0.05) is 5.57 Å². The van der Waals surface area contributed by atoms with Crippen molar-refractivity contribution in [3.8, 4) is 5.75 Å². The van der Waals surface area contributed by atoms with Gasteiger partial charge in [-0.25, -0.2) is 4.79 Å². The predicted octanol–water partition coefficient (Wildman–Crippen LogP) is 3.99. The number of hydrogen-bond acceptors (Lipinski definition) is 5. The molecule has 0 aliphatic carbocycles. The maximum atomic E-state index is 11.7. The van der Waals surface area contributed by atoms with E-state index < -0.39 is 22.3 Å². The Bertz CT molecular complexity index is 578. The minimum Gasteiger partial charge on any atom is -0.494 e. The Hall–Kier alpha value is -1.43. The molecule has 1 aromatic carbocycles. The van der Waals surface area contributed by atoms with Gasteiger partial charge in [0.1, 0.15) is 19.0 Å². The van der Waals surface area contributed by atoms with Gasteiger partial charge in [0.2, 0.25) is 3.79 Å². The van der Waals surface area contributed by atoms with E-state index in [1.54, 1.807) is 24.3 Å². The van der Waals surface area contributed by atoms with Crippen LogP contribution in [0.15, 0.2) is 36.4 Å². The predicted molar refractivity (Wildman–Crippen MR) is 92.4 cm³/mol. The van der Waals surface area contributed by atoms with E-state index in [0.717, 1.165) is 11.3 Å². The monoisotopic (exact) mass is 394 g/mol. The van der Waals surface area contributed by atoms with Gasteiger partial charge in [0.15, 0.2) is 0 Å². The highest BCUT2D eigenvalue weighted by molar-refractivity contribution is 6.67. The first-order valence-electron chi connectivity index (χ1n) is 7.00. The second-order valence-electron chi connectivity index (χ2n) is 4.71. The van der Waals surface area contributed by atoms with E-state index in [4.69, 9.17) is 49.0 Å². The molecule has 0 radical (unpaired) electrons. The van der Waals surface area contributed by atoms with Crippen molar-refractivity contribution in [2.24, 2.45) is 0 Å². The standard InChI is InChI=1S/C16H17Cl3O5/c1-3-22-13-6-4-12(5-7-13)9-23-14(20)8-11(2)15(21)24-10-16(17,18)19/h4-7H,2-3,8-10H2,1H3. The van der Waals surface area contributed by atoms with Gasteiger partial charge in [0.05, 0.1) is 13.0 Å². The first-order valence-corrected chi connectivity index (χ1v) is 8.13. The summed E-state index contributed by atoms with van der Waals surface area (Å²) in [5.41, 5.74) is 0.706. The van der Waals surface area contributed by atoms with Crippen LogP contribution in [0.4, 0.5) is 0 Å². The lowest BCUT2D eigenvalue weighted by Gasteiger charge is -2.12. The molecule has 1 aromatic rings. The summed E-state index contributed by atoms with van der Waals surface area (Å²) in [6.45, 7) is 5.56. The van der Waals surface area contributed by atoms with Gasteiger partial charge in [-0.3, -0.25) is 4.79 Å². The fourth-order valence-electron chi connectivity index (χ4n) is 1.56. The van der Waals surface area contributed by atoms with Crippen LogP contribution in [0, 0.1) is 0 Å². The van der Waals surface area contributed by atoms with Crippen molar-refractivity contribution in [3.05, 3.63) is 42.0 Å². The van der Waals surface area contributed by atoms with Gasteiger partial charge in [-0.15, -0.1) is 0 Å². The molecule has 0 atom stereocenters. The Morgan fingerprint density at radius 3 is 2.29 bits per heavy atom. The molecule has 0 heterocycles. The van der Waals surface area contributed by atoms with Gasteiger partial charge in [-0.1, -0.05) is 53.5 Å². The highest BCUT2D eigenvalue weighted by atomic mass is 35.6. The summed E-state index contributed by atoms with van der Waals surface area (Å²) in [6.07, 6.45) is -0.310. The quantitative estimate of drug-likeness (QED) is 0.378. The zero-order valence-electron chi connectivity index (χ0n) is 13.0. The van der Waals surface area contributed by atoms with Crippen molar-refractivity contribution in [2.45, 2.75) is 23.7 Å². The lowest BCUT2D eigenvalue weighted by molar-refractivity contribution is -0.147. The molecular formula is C16H17Cl3O5. The SMILES string of the molecule is C=C(CC(=O)OCc1ccc(OCC)cc1)C(=O)OCC(Cl)(Cl)Cl. The summed E-state index contributed by atoms with van der Waals surface area (Å²) >= 11 is 16.4. The second kappa shape index (κ2) is 9.77. The molecule has 0 bridgehead atoms. The van der Waals surface area contributed by atoms with Crippen LogP contribution in [0.3, 0.4) is 0 Å². The minimum atomic E-state index is -1.72. The van der Waals surface area contributed by atoms with Gasteiger partial charge >= 0.3 is 11.9 Å². The number of halogens is 3. The highest BCUT2D eigenvalue weighted by Gasteiger charge is 2.23. The topological polar surface area (TPSA) is 61.8 Å². The number of carbonyl (C=O) groups is 2. The van der Waals surface area contributed by atoms with Crippen molar-refractivity contribution >= 4 is 46.7 Å². The largest absolute Gasteiger partial charge is 0.494 e. The lowest BCUT2D eigenvalue weighted by atomic mass is 10.2. The van der Waals surface area contributed by atoms with E-state index >= 15 is 0 Å². The molecule has 24 heavy (non-hydrogen) atoms. The van der Waals surface area contributed by atoms with Crippen LogP contribution in [0.1, 0.15) is 18.9 Å². The van der Waals surface area contributed by atoms with E-state index in [-0.39, 0.29) is 18.6 Å². The average molecular weight is 396 g/mol. The van der Waals surface area contributed by atoms with Crippen LogP contribution in [-0.4, -0.2) is 28.9 Å². The fraction of sp³-hybridized carbons (Fsp3) is 0.375. The Morgan fingerprint density at radius 1 is 1.12 bits per heavy atom. The number of rotatable bonds is 8. The number of alkyl halides is 3. The Balaban J connectivity index is 2.37. The molecule has 0 amide bonds. The average Bonchev–Trinajstić information content (AvgIpc) is 2.51. The molecule has 0 saturated carbocycles. The number of ether oxygens (including phenoxy) is 3. The summed E-state index contributed by atoms with van der Waals surface area (Å²) in [5.74, 6) is -0.697. The van der Waals surface area contributed by atoms with E-state index in [9.17, 15) is 9.59 Å². The van der Waals surface area contributed by atoms with Crippen LogP contribution in [-0.2, 0) is 25.7 Å². The van der Waals surface area contributed by atoms with Crippen molar-refractivity contribution in [1.82, 2.24) is 0 Å². The van der Waals surface area contributed by atoms with E-state index in [1.807, 2.05) is 6.92 Å². The molecule has 0 aliphatic heterocycles. The molecule has 0 aromatic heterocycles. The molecule has 8 heteroatoms. The summed E-state index contributed by atoms with van der Waals surface area (Å²) in [6, 6.07) is 7.12. The number of carbonyl (C=O) groups excluding carboxylic acids is 2. The molecule has 0 spiro atoms. The van der Waals surface area contributed by atoms with E-state index in [0.29, 0.717) is 6.61 Å². The third-order valence-corrected chi connectivity index (χ3v) is 2.97. The van der Waals surface area contributed by atoms with E-state index in [2.05, 4.69) is 6.58 Å². The molecule has 0 aliphatic rings. The molecule has 0 unspecified atom stereocenters. The summed E-state index contributed by atoms with van der Waals surface area (Å²) in [7, 11) is 0. The summed E-state index contributed by atoms with van der Waals surface area (Å²) < 4.78 is 13.4. The molecule has 132 valence electrons. The molecule has 0 N–H and O–H groups in total. The molecule has 5 nitrogen and oxygen atoms in total. The third-order valence-electron chi connectivity index (χ3n) is 2.65. The first-order chi connectivity index (χ1) is 11.2. The van der Waals surface area contributed by atoms with Gasteiger partial charge in [-0.05, 0) is 24.6 Å². The van der Waals surface area contributed by atoms with Crippen LogP contribution in [0.2, 0.25) is 0 Å². The maximum absolute atomic E-state index is 11.7. The summed E-state index contributed by atoms with van der Waals surface area (Å²) in [5, 5.41) is 0. The van der Waals surface area contributed by atoms with Gasteiger partial charge in [0.25, 0.3) is 0 Å². The van der Waals surface area contributed by atoms with Gasteiger partial charge in [-0.2, -0.15) is 0 Å². The smallest absolute Gasteiger partial charge is 0.334 e. The van der Waals surface area contributed by atoms with Crippen LogP contribution in [0.25, 0.3) is 0 Å². The fourth-order valence-corrected chi connectivity index (χ4v) is 1.72. The molecule has 0 fully saturated rings. The van der Waals surface area contributed by atoms with E-state index in [1.165, 1.54) is 0 Å². The molecule has 1 rings (SSSR count). The number of hydrogen-bond donors (Lipinski definition) is 0. The van der Waals surface area contributed by atoms with Crippen LogP contribution in [0.5, 0.6) is 5.75 Å². The second-order valence-corrected chi connectivity index (χ2v) is 7.23. The third kappa shape index (κ3) is 8.43. The van der Waals surface area contributed by atoms with Crippen LogP contribution < -0.4 is 4.74 Å². The Labute approximate surface area is 155 Å². The van der Waals surface area contributed by atoms with Crippen LogP contribution >= 0.6 is 34.8 Å². The number of benzene rings is 1. The summed E-state index contributed by atoms with van der Waals surface area (Å²) in [4.78, 5) is 23.3. The zero-order valence-corrected chi connectivity index (χ0v) is 15.3. The van der Waals surface area contributed by atoms with Crippen molar-refractivity contribution in [2.75, 3.05) is 13.2 Å². The molecular weight excluding hydrogens is 379 g/mol. The van der Waals surface area contributed by atoms with Crippen molar-refractivity contribution < 1.29 is 23.8 Å². The minimum absolute atomic E-state index is 0.0711. The molecule has 0 saturated heterocycles. The lowest BCUT2D eigenvalue weighted by Crippen LogP contribution is -2.19. The van der Waals surface area contributed by atoms with Gasteiger partial charge < -0.3 is 14.2 Å². The highest BCUT2D eigenvalue weighted by Crippen LogP contribution is 2.26. The normalized spacial score (nSPS) is 10.8.